The summed E-state index contributed by atoms with van der Waals surface area (Å²) in [5, 5.41) is 6.21. The zero-order valence-corrected chi connectivity index (χ0v) is 14.3. The molecule has 0 aromatic carbocycles. The molecule has 2 N–H and O–H groups in total. The largest absolute Gasteiger partial charge is 0.376 e. The molecular weight excluding hydrogens is 306 g/mol. The first kappa shape index (κ1) is 16.9. The third kappa shape index (κ3) is 4.10. The number of amides is 1. The summed E-state index contributed by atoms with van der Waals surface area (Å²) in [6, 6.07) is 1.80. The number of nitrogens with zero attached hydrogens (tertiary/aromatic N) is 3. The highest BCUT2D eigenvalue weighted by molar-refractivity contribution is 5.96. The van der Waals surface area contributed by atoms with Crippen molar-refractivity contribution in [2.45, 2.75) is 32.9 Å². The van der Waals surface area contributed by atoms with Gasteiger partial charge in [-0.3, -0.25) is 4.79 Å². The molecule has 0 bridgehead atoms. The third-order valence-electron chi connectivity index (χ3n) is 4.04. The summed E-state index contributed by atoms with van der Waals surface area (Å²) >= 11 is 0. The highest BCUT2D eigenvalue weighted by Crippen LogP contribution is 2.13. The van der Waals surface area contributed by atoms with Crippen LogP contribution in [0.3, 0.4) is 0 Å². The van der Waals surface area contributed by atoms with E-state index >= 15 is 0 Å². The maximum atomic E-state index is 12.3. The van der Waals surface area contributed by atoms with Crippen LogP contribution in [0.5, 0.6) is 0 Å². The van der Waals surface area contributed by atoms with Crippen molar-refractivity contribution in [3.05, 3.63) is 24.2 Å². The van der Waals surface area contributed by atoms with Crippen molar-refractivity contribution in [2.75, 3.05) is 26.2 Å². The van der Waals surface area contributed by atoms with Crippen LogP contribution in [0.15, 0.2) is 18.6 Å². The predicted molar refractivity (Wildman–Crippen MR) is 91.9 cm³/mol. The van der Waals surface area contributed by atoms with Crippen molar-refractivity contribution >= 4 is 17.1 Å². The summed E-state index contributed by atoms with van der Waals surface area (Å²) in [5.74, 6) is 0.398. The van der Waals surface area contributed by atoms with Gasteiger partial charge in [-0.1, -0.05) is 13.8 Å². The monoisotopic (exact) mass is 331 g/mol. The first-order valence-corrected chi connectivity index (χ1v) is 8.55. The van der Waals surface area contributed by atoms with Crippen molar-refractivity contribution in [2.24, 2.45) is 5.92 Å². The lowest BCUT2D eigenvalue weighted by atomic mass is 10.2. The Morgan fingerprint density at radius 1 is 1.50 bits per heavy atom. The molecule has 0 aliphatic carbocycles. The van der Waals surface area contributed by atoms with E-state index in [9.17, 15) is 4.79 Å². The second-order valence-corrected chi connectivity index (χ2v) is 6.60. The molecule has 1 aliphatic rings. The van der Waals surface area contributed by atoms with Crippen molar-refractivity contribution in [1.82, 2.24) is 25.2 Å². The van der Waals surface area contributed by atoms with Gasteiger partial charge in [-0.15, -0.1) is 0 Å². The molecule has 1 amide bonds. The van der Waals surface area contributed by atoms with Gasteiger partial charge in [-0.2, -0.15) is 0 Å². The average Bonchev–Trinajstić information content (AvgIpc) is 2.97. The number of morpholine rings is 1. The summed E-state index contributed by atoms with van der Waals surface area (Å²) in [7, 11) is 0. The minimum Gasteiger partial charge on any atom is -0.376 e. The van der Waals surface area contributed by atoms with E-state index < -0.39 is 0 Å². The lowest BCUT2D eigenvalue weighted by Crippen LogP contribution is -2.40. The van der Waals surface area contributed by atoms with Gasteiger partial charge < -0.3 is 19.9 Å². The van der Waals surface area contributed by atoms with Crippen molar-refractivity contribution < 1.29 is 9.53 Å². The van der Waals surface area contributed by atoms with Crippen LogP contribution in [0.1, 0.15) is 30.6 Å². The normalized spacial score (nSPS) is 18.2. The smallest absolute Gasteiger partial charge is 0.252 e. The first-order chi connectivity index (χ1) is 11.6. The minimum atomic E-state index is -0.119. The van der Waals surface area contributed by atoms with Crippen LogP contribution < -0.4 is 10.6 Å². The SMILES string of the molecule is CC(C)Cn1cnc2cc(C(=O)NCCC3CNCCO3)cnc21. The van der Waals surface area contributed by atoms with Crippen molar-refractivity contribution in [3.63, 3.8) is 0 Å². The van der Waals surface area contributed by atoms with Gasteiger partial charge >= 0.3 is 0 Å². The van der Waals surface area contributed by atoms with Gasteiger partial charge in [0.1, 0.15) is 5.52 Å². The fourth-order valence-electron chi connectivity index (χ4n) is 2.85. The Hall–Kier alpha value is -1.99. The van der Waals surface area contributed by atoms with E-state index in [0.717, 1.165) is 43.8 Å². The van der Waals surface area contributed by atoms with Gasteiger partial charge in [0.25, 0.3) is 5.91 Å². The van der Waals surface area contributed by atoms with Crippen LogP contribution in [-0.4, -0.2) is 52.8 Å². The molecule has 1 aliphatic heterocycles. The van der Waals surface area contributed by atoms with Crippen LogP contribution in [0.4, 0.5) is 0 Å². The third-order valence-corrected chi connectivity index (χ3v) is 4.04. The van der Waals surface area contributed by atoms with E-state index in [4.69, 9.17) is 4.74 Å². The molecule has 24 heavy (non-hydrogen) atoms. The number of fused-ring (bicyclic) bond motifs is 1. The number of hydrogen-bond donors (Lipinski definition) is 2. The van der Waals surface area contributed by atoms with Crippen LogP contribution >= 0.6 is 0 Å². The number of hydrogen-bond acceptors (Lipinski definition) is 5. The number of ether oxygens (including phenoxy) is 1. The van der Waals surface area contributed by atoms with Gasteiger partial charge in [-0.25, -0.2) is 9.97 Å². The maximum Gasteiger partial charge on any atom is 0.252 e. The van der Waals surface area contributed by atoms with E-state index in [1.807, 2.05) is 4.57 Å². The summed E-state index contributed by atoms with van der Waals surface area (Å²) in [6.45, 7) is 8.24. The van der Waals surface area contributed by atoms with Gasteiger partial charge in [0.15, 0.2) is 5.65 Å². The fourth-order valence-corrected chi connectivity index (χ4v) is 2.85. The topological polar surface area (TPSA) is 81.1 Å². The standard InChI is InChI=1S/C17H25N5O2/c1-12(2)10-22-11-21-15-7-13(8-20-16(15)22)17(23)19-4-3-14-9-18-5-6-24-14/h7-8,11-12,14,18H,3-6,9-10H2,1-2H3,(H,19,23). The molecular formula is C17H25N5O2. The Labute approximate surface area is 141 Å². The van der Waals surface area contributed by atoms with Gasteiger partial charge in [0.05, 0.1) is 24.6 Å². The number of rotatable bonds is 6. The van der Waals surface area contributed by atoms with Gasteiger partial charge in [-0.05, 0) is 18.4 Å². The molecule has 130 valence electrons. The molecule has 3 rings (SSSR count). The summed E-state index contributed by atoms with van der Waals surface area (Å²) < 4.78 is 7.64. The zero-order chi connectivity index (χ0) is 16.9. The lowest BCUT2D eigenvalue weighted by molar-refractivity contribution is 0.0239. The Kier molecular flexibility index (Phi) is 5.42. The van der Waals surface area contributed by atoms with Gasteiger partial charge in [0.2, 0.25) is 0 Å². The molecule has 1 fully saturated rings. The minimum absolute atomic E-state index is 0.119. The Bertz CT molecular complexity index is 691. The van der Waals surface area contributed by atoms with E-state index in [2.05, 4.69) is 34.4 Å². The van der Waals surface area contributed by atoms with E-state index in [-0.39, 0.29) is 12.0 Å². The predicted octanol–water partition coefficient (Wildman–Crippen LogP) is 1.20. The fraction of sp³-hybridized carbons (Fsp3) is 0.588. The number of nitrogens with one attached hydrogen (secondary N) is 2. The molecule has 1 saturated heterocycles. The summed E-state index contributed by atoms with van der Waals surface area (Å²) in [6.07, 6.45) is 4.38. The van der Waals surface area contributed by atoms with Crippen molar-refractivity contribution in [3.8, 4) is 0 Å². The van der Waals surface area contributed by atoms with Gasteiger partial charge in [0, 0.05) is 32.4 Å². The molecule has 3 heterocycles. The van der Waals surface area contributed by atoms with E-state index in [1.165, 1.54) is 0 Å². The zero-order valence-electron chi connectivity index (χ0n) is 14.3. The molecule has 0 spiro atoms. The molecule has 1 unspecified atom stereocenters. The highest BCUT2D eigenvalue weighted by Gasteiger charge is 2.14. The van der Waals surface area contributed by atoms with Crippen LogP contribution in [0.2, 0.25) is 0 Å². The van der Waals surface area contributed by atoms with E-state index in [0.29, 0.717) is 18.0 Å². The Morgan fingerprint density at radius 2 is 2.38 bits per heavy atom. The first-order valence-electron chi connectivity index (χ1n) is 8.55. The Morgan fingerprint density at radius 3 is 3.12 bits per heavy atom. The number of carbonyl (C=O) groups is 1. The highest BCUT2D eigenvalue weighted by atomic mass is 16.5. The molecule has 2 aromatic heterocycles. The number of pyridine rings is 1. The molecule has 0 saturated carbocycles. The maximum absolute atomic E-state index is 12.3. The molecule has 1 atom stereocenters. The number of carbonyl (C=O) groups excluding carboxylic acids is 1. The Balaban J connectivity index is 1.58. The average molecular weight is 331 g/mol. The van der Waals surface area contributed by atoms with Crippen molar-refractivity contribution in [1.29, 1.82) is 0 Å². The quantitative estimate of drug-likeness (QED) is 0.831. The second-order valence-electron chi connectivity index (χ2n) is 6.60. The van der Waals surface area contributed by atoms with Crippen LogP contribution in [0, 0.1) is 5.92 Å². The summed E-state index contributed by atoms with van der Waals surface area (Å²) in [4.78, 5) is 21.1. The molecule has 2 aromatic rings. The van der Waals surface area contributed by atoms with Crippen LogP contribution in [0.25, 0.3) is 11.2 Å². The number of imidazole rings is 1. The molecule has 0 radical (unpaired) electrons. The number of aromatic nitrogens is 3. The summed E-state index contributed by atoms with van der Waals surface area (Å²) in [5.41, 5.74) is 2.12. The second kappa shape index (κ2) is 7.72. The van der Waals surface area contributed by atoms with E-state index in [1.54, 1.807) is 18.6 Å². The molecule has 7 nitrogen and oxygen atoms in total. The lowest BCUT2D eigenvalue weighted by Gasteiger charge is -2.23. The molecule has 7 heteroatoms. The van der Waals surface area contributed by atoms with Crippen LogP contribution in [-0.2, 0) is 11.3 Å².